The SMILES string of the molecule is CCN(CC)c1ccc(CNC(=O)C(=O)Nc2cc(Cl)c(Cl)c(Cl)c2)cc1. The van der Waals surface area contributed by atoms with E-state index in [9.17, 15) is 9.59 Å². The van der Waals surface area contributed by atoms with Crippen molar-refractivity contribution in [1.29, 1.82) is 0 Å². The molecule has 0 unspecified atom stereocenters. The average molecular weight is 429 g/mol. The molecular weight excluding hydrogens is 409 g/mol. The Morgan fingerprint density at radius 3 is 2.00 bits per heavy atom. The highest BCUT2D eigenvalue weighted by atomic mass is 35.5. The monoisotopic (exact) mass is 427 g/mol. The lowest BCUT2D eigenvalue weighted by Crippen LogP contribution is -2.35. The number of hydrogen-bond acceptors (Lipinski definition) is 3. The smallest absolute Gasteiger partial charge is 0.313 e. The molecule has 27 heavy (non-hydrogen) atoms. The maximum absolute atomic E-state index is 12.0. The summed E-state index contributed by atoms with van der Waals surface area (Å²) in [5.41, 5.74) is 2.30. The first-order valence-electron chi connectivity index (χ1n) is 8.43. The Morgan fingerprint density at radius 2 is 1.48 bits per heavy atom. The van der Waals surface area contributed by atoms with Gasteiger partial charge in [-0.25, -0.2) is 0 Å². The van der Waals surface area contributed by atoms with Crippen molar-refractivity contribution in [2.75, 3.05) is 23.3 Å². The Morgan fingerprint density at radius 1 is 0.926 bits per heavy atom. The van der Waals surface area contributed by atoms with Gasteiger partial charge in [-0.2, -0.15) is 0 Å². The zero-order valence-corrected chi connectivity index (χ0v) is 17.3. The molecule has 144 valence electrons. The fraction of sp³-hybridized carbons (Fsp3) is 0.263. The Bertz CT molecular complexity index is 798. The van der Waals surface area contributed by atoms with Crippen molar-refractivity contribution in [3.8, 4) is 0 Å². The molecule has 0 aliphatic rings. The van der Waals surface area contributed by atoms with Crippen molar-refractivity contribution in [1.82, 2.24) is 5.32 Å². The Labute approximate surface area is 173 Å². The Balaban J connectivity index is 1.92. The highest BCUT2D eigenvalue weighted by Crippen LogP contribution is 2.33. The third-order valence-corrected chi connectivity index (χ3v) is 5.16. The van der Waals surface area contributed by atoms with Crippen LogP contribution in [-0.4, -0.2) is 24.9 Å². The van der Waals surface area contributed by atoms with E-state index in [2.05, 4.69) is 29.4 Å². The van der Waals surface area contributed by atoms with E-state index in [0.29, 0.717) is 0 Å². The van der Waals surface area contributed by atoms with Crippen molar-refractivity contribution in [3.05, 3.63) is 57.0 Å². The van der Waals surface area contributed by atoms with E-state index in [4.69, 9.17) is 34.8 Å². The second-order valence-corrected chi connectivity index (χ2v) is 6.92. The van der Waals surface area contributed by atoms with Crippen LogP contribution in [0.25, 0.3) is 0 Å². The number of halogens is 3. The van der Waals surface area contributed by atoms with Crippen LogP contribution in [0.5, 0.6) is 0 Å². The summed E-state index contributed by atoms with van der Waals surface area (Å²) in [4.78, 5) is 26.2. The summed E-state index contributed by atoms with van der Waals surface area (Å²) >= 11 is 17.7. The number of anilines is 2. The van der Waals surface area contributed by atoms with Crippen molar-refractivity contribution in [2.24, 2.45) is 0 Å². The number of rotatable bonds is 6. The third kappa shape index (κ3) is 5.76. The van der Waals surface area contributed by atoms with Crippen LogP contribution in [0.2, 0.25) is 15.1 Å². The molecule has 2 rings (SSSR count). The molecule has 0 heterocycles. The normalized spacial score (nSPS) is 10.4. The fourth-order valence-electron chi connectivity index (χ4n) is 2.49. The van der Waals surface area contributed by atoms with Crippen molar-refractivity contribution >= 4 is 58.0 Å². The van der Waals surface area contributed by atoms with Gasteiger partial charge in [0.15, 0.2) is 0 Å². The van der Waals surface area contributed by atoms with Gasteiger partial charge in [-0.05, 0) is 43.7 Å². The molecular formula is C19H20Cl3N3O2. The molecule has 2 aromatic rings. The summed E-state index contributed by atoms with van der Waals surface area (Å²) in [5.74, 6) is -1.57. The Hall–Kier alpha value is -1.95. The van der Waals surface area contributed by atoms with Crippen LogP contribution in [-0.2, 0) is 16.1 Å². The summed E-state index contributed by atoms with van der Waals surface area (Å²) in [6, 6.07) is 10.7. The number of carbonyl (C=O) groups excluding carboxylic acids is 2. The lowest BCUT2D eigenvalue weighted by atomic mass is 10.2. The van der Waals surface area contributed by atoms with Crippen LogP contribution >= 0.6 is 34.8 Å². The highest BCUT2D eigenvalue weighted by molar-refractivity contribution is 6.48. The molecule has 0 aliphatic carbocycles. The van der Waals surface area contributed by atoms with E-state index in [1.165, 1.54) is 12.1 Å². The van der Waals surface area contributed by atoms with E-state index >= 15 is 0 Å². The summed E-state index contributed by atoms with van der Waals surface area (Å²) in [5, 5.41) is 5.59. The van der Waals surface area contributed by atoms with Gasteiger partial charge in [0.2, 0.25) is 0 Å². The van der Waals surface area contributed by atoms with Crippen LogP contribution in [0.15, 0.2) is 36.4 Å². The lowest BCUT2D eigenvalue weighted by Gasteiger charge is -2.21. The second-order valence-electron chi connectivity index (χ2n) is 5.73. The maximum atomic E-state index is 12.0. The molecule has 0 saturated carbocycles. The molecule has 0 bridgehead atoms. The largest absolute Gasteiger partial charge is 0.372 e. The molecule has 2 aromatic carbocycles. The van der Waals surface area contributed by atoms with Gasteiger partial charge in [0.25, 0.3) is 0 Å². The molecule has 0 aromatic heterocycles. The highest BCUT2D eigenvalue weighted by Gasteiger charge is 2.15. The van der Waals surface area contributed by atoms with Gasteiger partial charge < -0.3 is 15.5 Å². The van der Waals surface area contributed by atoms with E-state index in [1.807, 2.05) is 24.3 Å². The summed E-state index contributed by atoms with van der Waals surface area (Å²) < 4.78 is 0. The number of nitrogens with zero attached hydrogens (tertiary/aromatic N) is 1. The minimum Gasteiger partial charge on any atom is -0.372 e. The van der Waals surface area contributed by atoms with Gasteiger partial charge in [0.05, 0.1) is 15.1 Å². The van der Waals surface area contributed by atoms with Crippen LogP contribution in [0.3, 0.4) is 0 Å². The minimum absolute atomic E-state index is 0.188. The standard InChI is InChI=1S/C19H20Cl3N3O2/c1-3-25(4-2)14-7-5-12(6-8-14)11-23-18(26)19(27)24-13-9-15(20)17(22)16(21)10-13/h5-10H,3-4,11H2,1-2H3,(H,23,26)(H,24,27). The van der Waals surface area contributed by atoms with Crippen molar-refractivity contribution < 1.29 is 9.59 Å². The number of amides is 2. The molecule has 0 spiro atoms. The first-order valence-corrected chi connectivity index (χ1v) is 9.56. The molecule has 0 radical (unpaired) electrons. The van der Waals surface area contributed by atoms with Gasteiger partial charge in [0, 0.05) is 31.0 Å². The first-order chi connectivity index (χ1) is 12.8. The van der Waals surface area contributed by atoms with E-state index in [-0.39, 0.29) is 27.3 Å². The van der Waals surface area contributed by atoms with Crippen molar-refractivity contribution in [2.45, 2.75) is 20.4 Å². The molecule has 2 N–H and O–H groups in total. The summed E-state index contributed by atoms with van der Waals surface area (Å²) in [7, 11) is 0. The van der Waals surface area contributed by atoms with Gasteiger partial charge in [-0.1, -0.05) is 46.9 Å². The third-order valence-electron chi connectivity index (χ3n) is 3.97. The van der Waals surface area contributed by atoms with Crippen LogP contribution in [0.1, 0.15) is 19.4 Å². The zero-order chi connectivity index (χ0) is 20.0. The second kappa shape index (κ2) is 9.83. The van der Waals surface area contributed by atoms with E-state index < -0.39 is 11.8 Å². The molecule has 0 fully saturated rings. The zero-order valence-electron chi connectivity index (χ0n) is 15.0. The van der Waals surface area contributed by atoms with Crippen LogP contribution in [0, 0.1) is 0 Å². The van der Waals surface area contributed by atoms with Gasteiger partial charge in [-0.15, -0.1) is 0 Å². The fourth-order valence-corrected chi connectivity index (χ4v) is 3.09. The van der Waals surface area contributed by atoms with Crippen molar-refractivity contribution in [3.63, 3.8) is 0 Å². The molecule has 0 aliphatic heterocycles. The predicted octanol–water partition coefficient (Wildman–Crippen LogP) is 4.75. The number of benzene rings is 2. The number of hydrogen-bond donors (Lipinski definition) is 2. The minimum atomic E-state index is -0.816. The number of carbonyl (C=O) groups is 2. The maximum Gasteiger partial charge on any atom is 0.313 e. The molecule has 0 atom stereocenters. The van der Waals surface area contributed by atoms with Gasteiger partial charge in [-0.3, -0.25) is 9.59 Å². The molecule has 0 saturated heterocycles. The quantitative estimate of drug-likeness (QED) is 0.515. The molecule has 5 nitrogen and oxygen atoms in total. The summed E-state index contributed by atoms with van der Waals surface area (Å²) in [6.07, 6.45) is 0. The van der Waals surface area contributed by atoms with E-state index in [0.717, 1.165) is 24.3 Å². The summed E-state index contributed by atoms with van der Waals surface area (Å²) in [6.45, 7) is 6.28. The molecule has 8 heteroatoms. The average Bonchev–Trinajstić information content (AvgIpc) is 2.66. The first kappa shape index (κ1) is 21.4. The van der Waals surface area contributed by atoms with Crippen LogP contribution in [0.4, 0.5) is 11.4 Å². The lowest BCUT2D eigenvalue weighted by molar-refractivity contribution is -0.136. The topological polar surface area (TPSA) is 61.4 Å². The van der Waals surface area contributed by atoms with E-state index in [1.54, 1.807) is 0 Å². The van der Waals surface area contributed by atoms with Gasteiger partial charge >= 0.3 is 11.8 Å². The van der Waals surface area contributed by atoms with Crippen LogP contribution < -0.4 is 15.5 Å². The Kier molecular flexibility index (Phi) is 7.78. The predicted molar refractivity (Wildman–Crippen MR) is 112 cm³/mol. The van der Waals surface area contributed by atoms with Gasteiger partial charge in [0.1, 0.15) is 0 Å². The molecule has 2 amide bonds. The number of nitrogens with one attached hydrogen (secondary N) is 2.